The molecule has 0 aromatic rings. The number of halogens is 1. The van der Waals surface area contributed by atoms with E-state index in [1.54, 1.807) is 6.66 Å². The molecule has 2 atom stereocenters. The molecule has 1 saturated heterocycles. The van der Waals surface area contributed by atoms with E-state index in [2.05, 4.69) is 21.0 Å². The highest BCUT2D eigenvalue weighted by atomic mass is 79.9. The lowest BCUT2D eigenvalue weighted by Crippen LogP contribution is -3.00. The topological polar surface area (TPSA) is 35.5 Å². The van der Waals surface area contributed by atoms with E-state index in [9.17, 15) is 4.57 Å². The summed E-state index contributed by atoms with van der Waals surface area (Å²) in [7, 11) is 1.54. The number of rotatable bonds is 15. The molecule has 0 N–H and O–H groups in total. The molecule has 1 unspecified atom stereocenters. The zero-order valence-corrected chi connectivity index (χ0v) is 22.3. The van der Waals surface area contributed by atoms with Gasteiger partial charge in [-0.25, -0.2) is 0 Å². The molecule has 1 rings (SSSR count). The maximum atomic E-state index is 12.3. The van der Waals surface area contributed by atoms with Crippen LogP contribution in [0.5, 0.6) is 0 Å². The SMILES string of the molecule is CCCCCCCCCCCCCCCC[C@H]1C[N+](C)(C)CCOP(C)(=O)O1.[Br-]. The van der Waals surface area contributed by atoms with Gasteiger partial charge in [0.15, 0.2) is 0 Å². The fourth-order valence-corrected chi connectivity index (χ4v) is 5.33. The molecule has 0 aromatic carbocycles. The lowest BCUT2D eigenvalue weighted by Gasteiger charge is -2.36. The van der Waals surface area contributed by atoms with E-state index in [4.69, 9.17) is 9.05 Å². The van der Waals surface area contributed by atoms with E-state index in [0.717, 1.165) is 24.0 Å². The summed E-state index contributed by atoms with van der Waals surface area (Å²) in [4.78, 5) is 0. The molecule has 0 spiro atoms. The van der Waals surface area contributed by atoms with Gasteiger partial charge in [-0.05, 0) is 6.42 Å². The third kappa shape index (κ3) is 16.9. The molecule has 0 aliphatic carbocycles. The Balaban J connectivity index is 0.00000784. The first-order chi connectivity index (χ1) is 13.3. The molecule has 0 aromatic heterocycles. The first-order valence-electron chi connectivity index (χ1n) is 12.1. The fourth-order valence-electron chi connectivity index (χ4n) is 4.14. The van der Waals surface area contributed by atoms with Crippen LogP contribution in [0.1, 0.15) is 103 Å². The van der Waals surface area contributed by atoms with Crippen molar-refractivity contribution in [2.45, 2.75) is 109 Å². The van der Waals surface area contributed by atoms with Gasteiger partial charge in [-0.1, -0.05) is 96.8 Å². The lowest BCUT2D eigenvalue weighted by atomic mass is 10.0. The van der Waals surface area contributed by atoms with Crippen LogP contribution in [-0.4, -0.2) is 51.0 Å². The molecule has 1 heterocycles. The number of unbranched alkanes of at least 4 members (excludes halogenated alkanes) is 13. The van der Waals surface area contributed by atoms with E-state index >= 15 is 0 Å². The summed E-state index contributed by atoms with van der Waals surface area (Å²) in [5.74, 6) is 0. The number of hydrogen-bond acceptors (Lipinski definition) is 3. The summed E-state index contributed by atoms with van der Waals surface area (Å²) >= 11 is 0. The highest BCUT2D eigenvalue weighted by Crippen LogP contribution is 2.46. The zero-order chi connectivity index (χ0) is 20.7. The fraction of sp³-hybridized carbons (Fsp3) is 1.00. The Bertz CT molecular complexity index is 434. The molecule has 0 saturated carbocycles. The molecule has 4 nitrogen and oxygen atoms in total. The molecule has 0 amide bonds. The number of hydrogen-bond donors (Lipinski definition) is 0. The van der Waals surface area contributed by atoms with Gasteiger partial charge in [-0.15, -0.1) is 0 Å². The van der Waals surface area contributed by atoms with Gasteiger partial charge in [0.1, 0.15) is 25.8 Å². The van der Waals surface area contributed by atoms with Crippen LogP contribution in [0.3, 0.4) is 0 Å². The van der Waals surface area contributed by atoms with Gasteiger partial charge in [-0.3, -0.25) is 9.09 Å². The van der Waals surface area contributed by atoms with Gasteiger partial charge in [0.25, 0.3) is 0 Å². The summed E-state index contributed by atoms with van der Waals surface area (Å²) in [6.45, 7) is 6.25. The summed E-state index contributed by atoms with van der Waals surface area (Å²) in [6.07, 6.45) is 20.3. The van der Waals surface area contributed by atoms with Crippen molar-refractivity contribution in [3.05, 3.63) is 0 Å². The number of likely N-dealkylation sites (N-methyl/N-ethyl adjacent to an activating group) is 1. The van der Waals surface area contributed by atoms with Gasteiger partial charge >= 0.3 is 7.60 Å². The predicted octanol–water partition coefficient (Wildman–Crippen LogP) is 4.18. The Morgan fingerprint density at radius 2 is 1.28 bits per heavy atom. The molecule has 1 aliphatic rings. The van der Waals surface area contributed by atoms with Crippen molar-refractivity contribution in [3.63, 3.8) is 0 Å². The summed E-state index contributed by atoms with van der Waals surface area (Å²) in [5, 5.41) is 0. The van der Waals surface area contributed by atoms with Crippen LogP contribution in [0.4, 0.5) is 0 Å². The summed E-state index contributed by atoms with van der Waals surface area (Å²) < 4.78 is 24.5. The molecule has 0 radical (unpaired) electrons. The summed E-state index contributed by atoms with van der Waals surface area (Å²) in [6, 6.07) is 0. The first kappa shape index (κ1) is 29.6. The third-order valence-corrected chi connectivity index (χ3v) is 7.27. The van der Waals surface area contributed by atoms with Gasteiger partial charge in [-0.2, -0.15) is 0 Å². The van der Waals surface area contributed by atoms with Crippen LogP contribution < -0.4 is 17.0 Å². The average molecular weight is 499 g/mol. The van der Waals surface area contributed by atoms with Gasteiger partial charge in [0.05, 0.1) is 14.1 Å². The Morgan fingerprint density at radius 1 is 0.828 bits per heavy atom. The normalized spacial score (nSPS) is 24.5. The number of quaternary nitrogens is 1. The van der Waals surface area contributed by atoms with Crippen LogP contribution in [0.25, 0.3) is 0 Å². The van der Waals surface area contributed by atoms with Crippen molar-refractivity contribution in [1.29, 1.82) is 0 Å². The Morgan fingerprint density at radius 3 is 1.76 bits per heavy atom. The van der Waals surface area contributed by atoms with Crippen molar-refractivity contribution in [3.8, 4) is 0 Å². The maximum absolute atomic E-state index is 12.3. The predicted molar refractivity (Wildman–Crippen MR) is 121 cm³/mol. The molecule has 0 bridgehead atoms. The van der Waals surface area contributed by atoms with E-state index in [1.807, 2.05) is 0 Å². The first-order valence-corrected chi connectivity index (χ1v) is 14.1. The second-order valence-corrected chi connectivity index (χ2v) is 11.6. The lowest BCUT2D eigenvalue weighted by molar-refractivity contribution is -0.893. The van der Waals surface area contributed by atoms with Gasteiger partial charge in [0, 0.05) is 6.66 Å². The second kappa shape index (κ2) is 17.2. The smallest absolute Gasteiger partial charge is 0.328 e. The van der Waals surface area contributed by atoms with Crippen molar-refractivity contribution in [2.75, 3.05) is 40.5 Å². The van der Waals surface area contributed by atoms with Gasteiger partial charge < -0.3 is 26.0 Å². The maximum Gasteiger partial charge on any atom is 0.328 e. The minimum absolute atomic E-state index is 0. The van der Waals surface area contributed by atoms with E-state index in [-0.39, 0.29) is 23.1 Å². The second-order valence-electron chi connectivity index (χ2n) is 9.56. The Kier molecular flexibility index (Phi) is 17.5. The molecular formula is C23H49BrNO3P. The van der Waals surface area contributed by atoms with E-state index in [1.165, 1.54) is 89.9 Å². The van der Waals surface area contributed by atoms with Crippen LogP contribution >= 0.6 is 7.60 Å². The molecule has 1 aliphatic heterocycles. The van der Waals surface area contributed by atoms with Gasteiger partial charge in [0.2, 0.25) is 0 Å². The highest BCUT2D eigenvalue weighted by molar-refractivity contribution is 7.53. The average Bonchev–Trinajstić information content (AvgIpc) is 2.59. The van der Waals surface area contributed by atoms with E-state index in [0.29, 0.717) is 6.61 Å². The largest absolute Gasteiger partial charge is 1.00 e. The van der Waals surface area contributed by atoms with Crippen LogP contribution in [0, 0.1) is 0 Å². The van der Waals surface area contributed by atoms with Crippen LogP contribution in [-0.2, 0) is 13.6 Å². The third-order valence-electron chi connectivity index (χ3n) is 5.94. The zero-order valence-electron chi connectivity index (χ0n) is 19.8. The van der Waals surface area contributed by atoms with Crippen LogP contribution in [0.15, 0.2) is 0 Å². The molecule has 6 heteroatoms. The van der Waals surface area contributed by atoms with E-state index < -0.39 is 7.60 Å². The molecule has 29 heavy (non-hydrogen) atoms. The van der Waals surface area contributed by atoms with Crippen molar-refractivity contribution in [1.82, 2.24) is 0 Å². The molecule has 1 fully saturated rings. The van der Waals surface area contributed by atoms with Crippen molar-refractivity contribution < 1.29 is 35.1 Å². The molecule has 176 valence electrons. The summed E-state index contributed by atoms with van der Waals surface area (Å²) in [5.41, 5.74) is 0. The standard InChI is InChI=1S/C23H49NO3P.BrH/c1-5-6-7-8-9-10-11-12-13-14-15-16-17-18-19-23-22-24(2,3)20-21-26-28(4,25)27-23;/h23H,5-22H2,1-4H3;1H/q+1;/p-1/t23-,28?;/m0./s1. The Hall–Kier alpha value is 0.590. The minimum Gasteiger partial charge on any atom is -1.00 e. The monoisotopic (exact) mass is 497 g/mol. The quantitative estimate of drug-likeness (QED) is 0.193. The minimum atomic E-state index is -2.87. The Labute approximate surface area is 192 Å². The van der Waals surface area contributed by atoms with Crippen LogP contribution in [0.2, 0.25) is 0 Å². The highest BCUT2D eigenvalue weighted by Gasteiger charge is 2.32. The number of nitrogens with zero attached hydrogens (tertiary/aromatic N) is 1. The molecular weight excluding hydrogens is 449 g/mol. The van der Waals surface area contributed by atoms with Crippen molar-refractivity contribution >= 4 is 7.60 Å². The van der Waals surface area contributed by atoms with Crippen molar-refractivity contribution in [2.24, 2.45) is 0 Å².